The number of hydrogen-bond acceptors (Lipinski definition) is 4. The van der Waals surface area contributed by atoms with Gasteiger partial charge >= 0.3 is 0 Å². The lowest BCUT2D eigenvalue weighted by Crippen LogP contribution is -2.23. The van der Waals surface area contributed by atoms with Crippen LogP contribution in [0.15, 0.2) is 0 Å². The second kappa shape index (κ2) is 5.42. The van der Waals surface area contributed by atoms with E-state index < -0.39 is 0 Å². The monoisotopic (exact) mass is 266 g/mol. The Kier molecular flexibility index (Phi) is 4.19. The maximum Gasteiger partial charge on any atom is 0.170 e. The second-order valence-corrected chi connectivity index (χ2v) is 4.55. The van der Waals surface area contributed by atoms with Crippen molar-refractivity contribution in [3.05, 3.63) is 0 Å². The van der Waals surface area contributed by atoms with Gasteiger partial charge in [-0.3, -0.25) is 0 Å². The third-order valence-electron chi connectivity index (χ3n) is 2.31. The standard InChI is InChI=1S/C9H15BrO4/c10-7(9-13-5-6-14-9)1-2-8-11-3-4-12-8/h7-9H,1-6H2. The van der Waals surface area contributed by atoms with Crippen LogP contribution in [0.2, 0.25) is 0 Å². The Labute approximate surface area is 92.0 Å². The van der Waals surface area contributed by atoms with E-state index >= 15 is 0 Å². The van der Waals surface area contributed by atoms with Gasteiger partial charge < -0.3 is 18.9 Å². The van der Waals surface area contributed by atoms with Crippen molar-refractivity contribution in [3.63, 3.8) is 0 Å². The number of rotatable bonds is 4. The van der Waals surface area contributed by atoms with Crippen molar-refractivity contribution >= 4 is 15.9 Å². The Morgan fingerprint density at radius 1 is 1.00 bits per heavy atom. The molecule has 0 N–H and O–H groups in total. The molecule has 2 aliphatic rings. The van der Waals surface area contributed by atoms with Crippen molar-refractivity contribution in [2.75, 3.05) is 26.4 Å². The van der Waals surface area contributed by atoms with Gasteiger partial charge in [0.15, 0.2) is 12.6 Å². The summed E-state index contributed by atoms with van der Waals surface area (Å²) in [5, 5.41) is 0. The summed E-state index contributed by atoms with van der Waals surface area (Å²) in [5.41, 5.74) is 0. The fourth-order valence-electron chi connectivity index (χ4n) is 1.59. The molecule has 2 heterocycles. The summed E-state index contributed by atoms with van der Waals surface area (Å²) in [4.78, 5) is 0.234. The van der Waals surface area contributed by atoms with E-state index in [1.165, 1.54) is 0 Å². The van der Waals surface area contributed by atoms with Crippen LogP contribution in [0.25, 0.3) is 0 Å². The second-order valence-electron chi connectivity index (χ2n) is 3.37. The first-order valence-corrected chi connectivity index (χ1v) is 5.88. The molecule has 0 bridgehead atoms. The third-order valence-corrected chi connectivity index (χ3v) is 3.20. The van der Waals surface area contributed by atoms with Gasteiger partial charge in [-0.15, -0.1) is 0 Å². The van der Waals surface area contributed by atoms with Crippen molar-refractivity contribution in [1.29, 1.82) is 0 Å². The van der Waals surface area contributed by atoms with Gasteiger partial charge in [-0.2, -0.15) is 0 Å². The predicted molar refractivity (Wildman–Crippen MR) is 53.3 cm³/mol. The molecule has 82 valence electrons. The van der Waals surface area contributed by atoms with Gasteiger partial charge in [0.1, 0.15) is 0 Å². The van der Waals surface area contributed by atoms with E-state index in [0.29, 0.717) is 26.4 Å². The van der Waals surface area contributed by atoms with Crippen molar-refractivity contribution in [2.45, 2.75) is 30.2 Å². The summed E-state index contributed by atoms with van der Waals surface area (Å²) >= 11 is 3.55. The molecule has 0 radical (unpaired) electrons. The Balaban J connectivity index is 1.63. The van der Waals surface area contributed by atoms with Crippen molar-refractivity contribution in [2.24, 2.45) is 0 Å². The van der Waals surface area contributed by atoms with Crippen LogP contribution >= 0.6 is 15.9 Å². The number of alkyl halides is 1. The molecule has 5 heteroatoms. The molecule has 2 fully saturated rings. The molecule has 2 aliphatic heterocycles. The summed E-state index contributed by atoms with van der Waals surface area (Å²) in [6, 6.07) is 0. The molecule has 0 aliphatic carbocycles. The van der Waals surface area contributed by atoms with Crippen molar-refractivity contribution in [1.82, 2.24) is 0 Å². The molecular weight excluding hydrogens is 252 g/mol. The molecular formula is C9H15BrO4. The van der Waals surface area contributed by atoms with Crippen LogP contribution < -0.4 is 0 Å². The average Bonchev–Trinajstić information content (AvgIpc) is 2.87. The van der Waals surface area contributed by atoms with Gasteiger partial charge in [0, 0.05) is 0 Å². The van der Waals surface area contributed by atoms with E-state index in [1.807, 2.05) is 0 Å². The molecule has 1 atom stereocenters. The number of halogens is 1. The van der Waals surface area contributed by atoms with Crippen LogP contribution in [0.1, 0.15) is 12.8 Å². The Hall–Kier alpha value is 0.320. The van der Waals surface area contributed by atoms with Crippen LogP contribution in [-0.2, 0) is 18.9 Å². The number of ether oxygens (including phenoxy) is 4. The fourth-order valence-corrected chi connectivity index (χ4v) is 2.16. The zero-order valence-electron chi connectivity index (χ0n) is 7.99. The molecule has 14 heavy (non-hydrogen) atoms. The topological polar surface area (TPSA) is 36.9 Å². The van der Waals surface area contributed by atoms with E-state index in [2.05, 4.69) is 15.9 Å². The smallest absolute Gasteiger partial charge is 0.170 e. The molecule has 0 amide bonds. The Morgan fingerprint density at radius 2 is 1.57 bits per heavy atom. The minimum absolute atomic E-state index is 0.0311. The van der Waals surface area contributed by atoms with E-state index in [9.17, 15) is 0 Å². The molecule has 2 rings (SSSR count). The zero-order valence-corrected chi connectivity index (χ0v) is 9.57. The highest BCUT2D eigenvalue weighted by Crippen LogP contribution is 2.22. The van der Waals surface area contributed by atoms with Crippen LogP contribution in [0.5, 0.6) is 0 Å². The van der Waals surface area contributed by atoms with E-state index in [1.54, 1.807) is 0 Å². The summed E-state index contributed by atoms with van der Waals surface area (Å²) in [7, 11) is 0. The highest BCUT2D eigenvalue weighted by molar-refractivity contribution is 9.09. The maximum atomic E-state index is 5.38. The van der Waals surface area contributed by atoms with Crippen LogP contribution in [0.3, 0.4) is 0 Å². The predicted octanol–water partition coefficient (Wildman–Crippen LogP) is 1.28. The lowest BCUT2D eigenvalue weighted by atomic mass is 10.2. The molecule has 0 aromatic rings. The van der Waals surface area contributed by atoms with E-state index in [4.69, 9.17) is 18.9 Å². The van der Waals surface area contributed by atoms with Gasteiger partial charge in [0.2, 0.25) is 0 Å². The Bertz CT molecular complexity index is 166. The number of hydrogen-bond donors (Lipinski definition) is 0. The molecule has 0 aromatic heterocycles. The maximum absolute atomic E-state index is 5.38. The SMILES string of the molecule is BrC(CCC1OCCO1)C1OCCO1. The molecule has 4 nitrogen and oxygen atoms in total. The normalized spacial score (nSPS) is 27.2. The summed E-state index contributed by atoms with van der Waals surface area (Å²) in [6.45, 7) is 2.83. The first-order valence-electron chi connectivity index (χ1n) is 4.97. The quantitative estimate of drug-likeness (QED) is 0.719. The average molecular weight is 267 g/mol. The minimum Gasteiger partial charge on any atom is -0.350 e. The lowest BCUT2D eigenvalue weighted by Gasteiger charge is -2.17. The molecule has 0 spiro atoms. The molecule has 2 saturated heterocycles. The first kappa shape index (κ1) is 10.8. The Morgan fingerprint density at radius 3 is 2.21 bits per heavy atom. The third kappa shape index (κ3) is 2.90. The minimum atomic E-state index is -0.101. The van der Waals surface area contributed by atoms with Gasteiger partial charge in [-0.05, 0) is 12.8 Å². The van der Waals surface area contributed by atoms with Gasteiger partial charge in [-0.25, -0.2) is 0 Å². The van der Waals surface area contributed by atoms with Gasteiger partial charge in [-0.1, -0.05) is 15.9 Å². The lowest BCUT2D eigenvalue weighted by molar-refractivity contribution is -0.0634. The molecule has 1 unspecified atom stereocenters. The largest absolute Gasteiger partial charge is 0.350 e. The summed E-state index contributed by atoms with van der Waals surface area (Å²) < 4.78 is 21.4. The highest BCUT2D eigenvalue weighted by Gasteiger charge is 2.26. The van der Waals surface area contributed by atoms with Crippen LogP contribution in [0, 0.1) is 0 Å². The summed E-state index contributed by atoms with van der Waals surface area (Å²) in [5.74, 6) is 0. The van der Waals surface area contributed by atoms with Crippen LogP contribution in [-0.4, -0.2) is 43.8 Å². The highest BCUT2D eigenvalue weighted by atomic mass is 79.9. The van der Waals surface area contributed by atoms with Gasteiger partial charge in [0.05, 0.1) is 31.3 Å². The first-order chi connectivity index (χ1) is 6.86. The van der Waals surface area contributed by atoms with Crippen LogP contribution in [0.4, 0.5) is 0 Å². The molecule has 0 aromatic carbocycles. The van der Waals surface area contributed by atoms with Crippen molar-refractivity contribution in [3.8, 4) is 0 Å². The van der Waals surface area contributed by atoms with Gasteiger partial charge in [0.25, 0.3) is 0 Å². The van der Waals surface area contributed by atoms with E-state index in [-0.39, 0.29) is 17.4 Å². The van der Waals surface area contributed by atoms with Crippen molar-refractivity contribution < 1.29 is 18.9 Å². The zero-order chi connectivity index (χ0) is 9.80. The fraction of sp³-hybridized carbons (Fsp3) is 1.00. The summed E-state index contributed by atoms with van der Waals surface area (Å²) in [6.07, 6.45) is 1.70. The molecule has 0 saturated carbocycles. The van der Waals surface area contributed by atoms with E-state index in [0.717, 1.165) is 12.8 Å².